The smallest absolute Gasteiger partial charge is 0.279 e. The summed E-state index contributed by atoms with van der Waals surface area (Å²) in [6.07, 6.45) is 3.76. The van der Waals surface area contributed by atoms with Crippen molar-refractivity contribution < 1.29 is 9.69 Å². The normalized spacial score (nSPS) is 22.9. The number of thiophene rings is 1. The van der Waals surface area contributed by atoms with Crippen molar-refractivity contribution in [1.82, 2.24) is 0 Å². The molecule has 3 nitrogen and oxygen atoms in total. The predicted octanol–water partition coefficient (Wildman–Crippen LogP) is 2.90. The Morgan fingerprint density at radius 3 is 2.71 bits per heavy atom. The van der Waals surface area contributed by atoms with Gasteiger partial charge in [0.1, 0.15) is 6.04 Å². The molecule has 0 bridgehead atoms. The van der Waals surface area contributed by atoms with Crippen molar-refractivity contribution in [1.29, 1.82) is 0 Å². The van der Waals surface area contributed by atoms with Crippen molar-refractivity contribution in [3.8, 4) is 0 Å². The van der Waals surface area contributed by atoms with Crippen molar-refractivity contribution in [2.45, 2.75) is 39.2 Å². The quantitative estimate of drug-likeness (QED) is 0.881. The van der Waals surface area contributed by atoms with Crippen molar-refractivity contribution in [3.63, 3.8) is 0 Å². The second kappa shape index (κ2) is 6.34. The lowest BCUT2D eigenvalue weighted by Crippen LogP contribution is -3.14. The molecule has 1 aromatic carbocycles. The highest BCUT2D eigenvalue weighted by molar-refractivity contribution is 7.10. The van der Waals surface area contributed by atoms with Gasteiger partial charge in [-0.2, -0.15) is 0 Å². The van der Waals surface area contributed by atoms with Crippen LogP contribution in [0.25, 0.3) is 0 Å². The van der Waals surface area contributed by atoms with Gasteiger partial charge in [-0.25, -0.2) is 0 Å². The van der Waals surface area contributed by atoms with Gasteiger partial charge in [0.25, 0.3) is 5.91 Å². The second-order valence-corrected chi connectivity index (χ2v) is 8.26. The number of aryl methyl sites for hydroxylation is 2. The average Bonchev–Trinajstić information content (AvgIpc) is 3.27. The number of rotatable bonds is 4. The molecule has 1 amide bonds. The standard InChI is InChI=1S/C20H24N2OS/c1-13-4-3-5-14(2)19(13)21-18(23)12-22-10-8-17-16(9-11-24-17)20(22)15-6-7-15/h3-5,9,11,15,20H,6-8,10,12H2,1-2H3,(H,21,23)/p+1/t20-/m1/s1. The van der Waals surface area contributed by atoms with E-state index >= 15 is 0 Å². The van der Waals surface area contributed by atoms with Gasteiger partial charge >= 0.3 is 0 Å². The Morgan fingerprint density at radius 2 is 2.00 bits per heavy atom. The lowest BCUT2D eigenvalue weighted by atomic mass is 9.96. The maximum absolute atomic E-state index is 12.7. The monoisotopic (exact) mass is 341 g/mol. The Bertz CT molecular complexity index is 742. The van der Waals surface area contributed by atoms with E-state index in [9.17, 15) is 4.79 Å². The number of fused-ring (bicyclic) bond motifs is 1. The largest absolute Gasteiger partial charge is 0.321 e. The highest BCUT2D eigenvalue weighted by Crippen LogP contribution is 2.42. The minimum absolute atomic E-state index is 0.145. The van der Waals surface area contributed by atoms with Gasteiger partial charge in [-0.15, -0.1) is 11.3 Å². The number of hydrogen-bond acceptors (Lipinski definition) is 2. The van der Waals surface area contributed by atoms with E-state index < -0.39 is 0 Å². The molecular weight excluding hydrogens is 316 g/mol. The third kappa shape index (κ3) is 3.01. The van der Waals surface area contributed by atoms with Crippen LogP contribution in [0.3, 0.4) is 0 Å². The summed E-state index contributed by atoms with van der Waals surface area (Å²) in [5.41, 5.74) is 4.77. The molecular formula is C20H25N2OS+. The molecule has 24 heavy (non-hydrogen) atoms. The molecule has 0 saturated heterocycles. The molecule has 2 heterocycles. The summed E-state index contributed by atoms with van der Waals surface area (Å²) in [6, 6.07) is 8.98. The zero-order valence-electron chi connectivity index (χ0n) is 14.4. The van der Waals surface area contributed by atoms with E-state index in [0.29, 0.717) is 12.6 Å². The number of nitrogens with one attached hydrogen (secondary N) is 2. The highest BCUT2D eigenvalue weighted by Gasteiger charge is 2.43. The van der Waals surface area contributed by atoms with Gasteiger partial charge in [-0.05, 0) is 49.3 Å². The van der Waals surface area contributed by atoms with Gasteiger partial charge in [0.15, 0.2) is 6.54 Å². The Labute approximate surface area is 147 Å². The van der Waals surface area contributed by atoms with Gasteiger partial charge < -0.3 is 10.2 Å². The fourth-order valence-corrected chi connectivity index (χ4v) is 5.03. The van der Waals surface area contributed by atoms with Crippen molar-refractivity contribution >= 4 is 22.9 Å². The van der Waals surface area contributed by atoms with Crippen LogP contribution in [0, 0.1) is 19.8 Å². The van der Waals surface area contributed by atoms with Crippen molar-refractivity contribution in [2.75, 3.05) is 18.4 Å². The van der Waals surface area contributed by atoms with E-state index in [1.54, 1.807) is 4.88 Å². The fraction of sp³-hybridized carbons (Fsp3) is 0.450. The van der Waals surface area contributed by atoms with Gasteiger partial charge in [0.05, 0.1) is 6.54 Å². The Balaban J connectivity index is 1.49. The Morgan fingerprint density at radius 1 is 1.25 bits per heavy atom. The van der Waals surface area contributed by atoms with E-state index in [2.05, 4.69) is 42.7 Å². The van der Waals surface area contributed by atoms with Crippen molar-refractivity contribution in [2.24, 2.45) is 5.92 Å². The van der Waals surface area contributed by atoms with Crippen LogP contribution in [-0.4, -0.2) is 19.0 Å². The van der Waals surface area contributed by atoms with Crippen LogP contribution in [0.5, 0.6) is 0 Å². The van der Waals surface area contributed by atoms with E-state index in [1.807, 2.05) is 17.4 Å². The molecule has 1 saturated carbocycles. The summed E-state index contributed by atoms with van der Waals surface area (Å²) in [7, 11) is 0. The number of anilines is 1. The molecule has 2 atom stereocenters. The topological polar surface area (TPSA) is 33.5 Å². The predicted molar refractivity (Wildman–Crippen MR) is 98.7 cm³/mol. The van der Waals surface area contributed by atoms with Crippen LogP contribution < -0.4 is 10.2 Å². The third-order valence-corrected chi connectivity index (χ3v) is 6.45. The highest BCUT2D eigenvalue weighted by atomic mass is 32.1. The minimum Gasteiger partial charge on any atom is -0.321 e. The molecule has 1 aliphatic heterocycles. The van der Waals surface area contributed by atoms with E-state index in [-0.39, 0.29) is 5.91 Å². The SMILES string of the molecule is Cc1cccc(C)c1NC(=O)C[NH+]1CCc2sccc2[C@H]1C1CC1. The lowest BCUT2D eigenvalue weighted by Gasteiger charge is -2.32. The molecule has 4 heteroatoms. The van der Waals surface area contributed by atoms with Crippen LogP contribution >= 0.6 is 11.3 Å². The van der Waals surface area contributed by atoms with Crippen LogP contribution in [0.1, 0.15) is 40.5 Å². The molecule has 0 radical (unpaired) electrons. The first-order valence-corrected chi connectivity index (χ1v) is 9.78. The van der Waals surface area contributed by atoms with E-state index in [4.69, 9.17) is 0 Å². The number of carbonyl (C=O) groups is 1. The van der Waals surface area contributed by atoms with Gasteiger partial charge in [-0.1, -0.05) is 18.2 Å². The molecule has 4 rings (SSSR count). The zero-order valence-corrected chi connectivity index (χ0v) is 15.2. The number of amides is 1. The summed E-state index contributed by atoms with van der Waals surface area (Å²) < 4.78 is 0. The number of para-hydroxylation sites is 1. The summed E-state index contributed by atoms with van der Waals surface area (Å²) in [4.78, 5) is 15.7. The molecule has 1 aliphatic carbocycles. The number of quaternary nitrogens is 1. The third-order valence-electron chi connectivity index (χ3n) is 5.45. The first-order valence-electron chi connectivity index (χ1n) is 8.90. The Hall–Kier alpha value is -1.65. The lowest BCUT2D eigenvalue weighted by molar-refractivity contribution is -0.928. The molecule has 1 unspecified atom stereocenters. The summed E-state index contributed by atoms with van der Waals surface area (Å²) >= 11 is 1.89. The molecule has 2 aliphatic rings. The fourth-order valence-electron chi connectivity index (χ4n) is 4.10. The van der Waals surface area contributed by atoms with Crippen LogP contribution in [0.2, 0.25) is 0 Å². The van der Waals surface area contributed by atoms with Gasteiger partial charge in [0, 0.05) is 28.5 Å². The number of carbonyl (C=O) groups excluding carboxylic acids is 1. The minimum atomic E-state index is 0.145. The number of benzene rings is 1. The number of hydrogen-bond donors (Lipinski definition) is 2. The maximum atomic E-state index is 12.7. The molecule has 2 aromatic rings. The van der Waals surface area contributed by atoms with Crippen molar-refractivity contribution in [3.05, 3.63) is 51.2 Å². The average molecular weight is 342 g/mol. The first kappa shape index (κ1) is 15.9. The summed E-state index contributed by atoms with van der Waals surface area (Å²) in [6.45, 7) is 5.76. The van der Waals surface area contributed by atoms with Gasteiger partial charge in [-0.3, -0.25) is 4.79 Å². The molecule has 1 aromatic heterocycles. The van der Waals surface area contributed by atoms with Crippen LogP contribution in [-0.2, 0) is 11.2 Å². The summed E-state index contributed by atoms with van der Waals surface area (Å²) in [5, 5.41) is 5.39. The first-order chi connectivity index (χ1) is 11.6. The molecule has 0 spiro atoms. The Kier molecular flexibility index (Phi) is 4.19. The van der Waals surface area contributed by atoms with Crippen LogP contribution in [0.15, 0.2) is 29.6 Å². The maximum Gasteiger partial charge on any atom is 0.279 e. The van der Waals surface area contributed by atoms with E-state index in [1.165, 1.54) is 23.3 Å². The molecule has 126 valence electrons. The molecule has 2 N–H and O–H groups in total. The van der Waals surface area contributed by atoms with E-state index in [0.717, 1.165) is 35.7 Å². The molecule has 1 fully saturated rings. The van der Waals surface area contributed by atoms with Gasteiger partial charge in [0.2, 0.25) is 0 Å². The second-order valence-electron chi connectivity index (χ2n) is 7.26. The zero-order chi connectivity index (χ0) is 16.7. The van der Waals surface area contributed by atoms with Crippen LogP contribution in [0.4, 0.5) is 5.69 Å². The summed E-state index contributed by atoms with van der Waals surface area (Å²) in [5.74, 6) is 0.924.